The van der Waals surface area contributed by atoms with Gasteiger partial charge in [-0.15, -0.1) is 0 Å². The number of carbonyl (C=O) groups is 3. The van der Waals surface area contributed by atoms with Gasteiger partial charge in [0.1, 0.15) is 17.5 Å². The van der Waals surface area contributed by atoms with E-state index in [4.69, 9.17) is 13.9 Å². The van der Waals surface area contributed by atoms with Gasteiger partial charge in [-0.1, -0.05) is 69.3 Å². The average Bonchev–Trinajstić information content (AvgIpc) is 3.21. The van der Waals surface area contributed by atoms with Crippen LogP contribution < -0.4 is 10.9 Å². The number of pyridine rings is 1. The van der Waals surface area contributed by atoms with Gasteiger partial charge in [0, 0.05) is 42.2 Å². The first kappa shape index (κ1) is 46.5. The van der Waals surface area contributed by atoms with Gasteiger partial charge in [0.15, 0.2) is 8.32 Å². The molecule has 7 rings (SSSR count). The maximum atomic E-state index is 14.0. The monoisotopic (exact) mass is 868 g/mol. The van der Waals surface area contributed by atoms with Crippen LogP contribution in [0.15, 0.2) is 83.7 Å². The number of aromatic amines is 1. The second-order valence-corrected chi connectivity index (χ2v) is 24.1. The van der Waals surface area contributed by atoms with Crippen molar-refractivity contribution in [1.29, 1.82) is 0 Å². The number of carbonyl (C=O) groups excluding carboxylic acids is 3. The number of phenolic OH excluding ortho intramolecular Hbond substituents is 1. The number of anilines is 1. The van der Waals surface area contributed by atoms with Crippen LogP contribution >= 0.6 is 0 Å². The third-order valence-electron chi connectivity index (χ3n) is 12.5. The molecule has 4 aromatic rings. The first-order chi connectivity index (χ1) is 29.1. The molecule has 3 aromatic carbocycles. The van der Waals surface area contributed by atoms with E-state index in [9.17, 15) is 29.4 Å². The van der Waals surface area contributed by atoms with Gasteiger partial charge in [0.2, 0.25) is 17.1 Å². The van der Waals surface area contributed by atoms with E-state index in [1.807, 2.05) is 6.07 Å². The van der Waals surface area contributed by atoms with Crippen molar-refractivity contribution in [2.24, 2.45) is 5.92 Å². The number of nitrogens with one attached hydrogen (secondary N) is 2. The summed E-state index contributed by atoms with van der Waals surface area (Å²) in [5, 5.41) is 26.3. The number of benzene rings is 3. The number of hydrogen-bond acceptors (Lipinski definition) is 10. The fourth-order valence-corrected chi connectivity index (χ4v) is 9.30. The number of phenols is 1. The molecule has 2 amide bonds. The van der Waals surface area contributed by atoms with E-state index in [-0.39, 0.29) is 64.9 Å². The Kier molecular flexibility index (Phi) is 14.1. The second-order valence-electron chi connectivity index (χ2n) is 19.3. The number of amides is 2. The van der Waals surface area contributed by atoms with Gasteiger partial charge < -0.3 is 39.3 Å². The van der Waals surface area contributed by atoms with Gasteiger partial charge in [0.05, 0.1) is 18.2 Å². The normalized spacial score (nSPS) is 19.3. The largest absolute Gasteiger partial charge is 0.506 e. The van der Waals surface area contributed by atoms with Crippen LogP contribution in [0.3, 0.4) is 0 Å². The molecule has 13 nitrogen and oxygen atoms in total. The molecule has 3 saturated heterocycles. The van der Waals surface area contributed by atoms with Crippen molar-refractivity contribution in [2.75, 3.05) is 38.0 Å². The topological polar surface area (TPSA) is 171 Å². The summed E-state index contributed by atoms with van der Waals surface area (Å²) in [6, 6.07) is 21.7. The minimum absolute atomic E-state index is 0.0735. The Bertz CT molecular complexity index is 2280. The first-order valence-electron chi connectivity index (χ1n) is 21.8. The average molecular weight is 869 g/mol. The van der Waals surface area contributed by atoms with Crippen LogP contribution in [0.4, 0.5) is 10.5 Å². The van der Waals surface area contributed by atoms with Crippen LogP contribution in [-0.4, -0.2) is 95.7 Å². The number of fused-ring (bicyclic) bond motifs is 4. The summed E-state index contributed by atoms with van der Waals surface area (Å²) in [5.41, 5.74) is -1.17. The van der Waals surface area contributed by atoms with E-state index in [1.54, 1.807) is 86.3 Å². The van der Waals surface area contributed by atoms with Gasteiger partial charge >= 0.3 is 12.1 Å². The Morgan fingerprint density at radius 2 is 1.61 bits per heavy atom. The smallest absolute Gasteiger partial charge is 0.410 e. The van der Waals surface area contributed by atoms with Gasteiger partial charge in [-0.05, 0) is 119 Å². The number of hydrogen-bond donors (Lipinski definition) is 4. The Morgan fingerprint density at radius 1 is 0.919 bits per heavy atom. The van der Waals surface area contributed by atoms with E-state index in [0.717, 1.165) is 25.9 Å². The molecule has 1 unspecified atom stereocenters. The predicted molar refractivity (Wildman–Crippen MR) is 242 cm³/mol. The van der Waals surface area contributed by atoms with Crippen molar-refractivity contribution in [3.63, 3.8) is 0 Å². The molecule has 0 spiro atoms. The molecule has 14 heteroatoms. The summed E-state index contributed by atoms with van der Waals surface area (Å²) in [6.07, 6.45) is 1.46. The summed E-state index contributed by atoms with van der Waals surface area (Å²) in [7, 11) is -2.47. The molecule has 3 aliphatic rings. The van der Waals surface area contributed by atoms with Crippen LogP contribution in [0.25, 0.3) is 10.9 Å². The summed E-state index contributed by atoms with van der Waals surface area (Å²) < 4.78 is 19.0. The van der Waals surface area contributed by atoms with Crippen molar-refractivity contribution in [1.82, 2.24) is 14.8 Å². The highest BCUT2D eigenvalue weighted by Crippen LogP contribution is 2.42. The van der Waals surface area contributed by atoms with Crippen LogP contribution in [-0.2, 0) is 29.1 Å². The third kappa shape index (κ3) is 10.9. The van der Waals surface area contributed by atoms with E-state index >= 15 is 0 Å². The molecule has 3 aliphatic heterocycles. The number of piperidine rings is 3. The molecule has 4 heterocycles. The predicted octanol–water partition coefficient (Wildman–Crippen LogP) is 8.22. The summed E-state index contributed by atoms with van der Waals surface area (Å²) in [4.78, 5) is 60.2. The van der Waals surface area contributed by atoms with Crippen molar-refractivity contribution in [2.45, 2.75) is 115 Å². The molecule has 62 heavy (non-hydrogen) atoms. The van der Waals surface area contributed by atoms with Gasteiger partial charge in [-0.25, -0.2) is 9.59 Å². The van der Waals surface area contributed by atoms with Crippen molar-refractivity contribution < 1.29 is 38.5 Å². The van der Waals surface area contributed by atoms with Crippen molar-refractivity contribution in [3.8, 4) is 5.75 Å². The van der Waals surface area contributed by atoms with Crippen LogP contribution in [0.2, 0.25) is 18.1 Å². The Balaban J connectivity index is 1.16. The second kappa shape index (κ2) is 18.8. The first-order valence-corrected chi connectivity index (χ1v) is 24.7. The van der Waals surface area contributed by atoms with Gasteiger partial charge in [-0.2, -0.15) is 0 Å². The zero-order valence-electron chi connectivity index (χ0n) is 37.5. The van der Waals surface area contributed by atoms with Gasteiger partial charge in [0.25, 0.3) is 0 Å². The number of aliphatic hydroxyl groups is 1. The number of aromatic hydroxyl groups is 1. The molecule has 0 aliphatic carbocycles. The number of nitrogens with zero attached hydrogens (tertiary/aromatic N) is 2. The lowest BCUT2D eigenvalue weighted by Crippen LogP contribution is -2.53. The Labute approximate surface area is 365 Å². The molecule has 3 atom stereocenters. The SMILES string of the molecule is CC(C)(C)OC(=O)N(CCCCC(=O)Nc1cccc(C(O)(C(=O)O[C@H]2CN3CCC2CC3)c2ccccc2)c1)C[C@H](O[Si](C)(C)C(C)(C)C)c1ccc(O)c2[nH]c(=O)ccc12. The fraction of sp³-hybridized carbons (Fsp3) is 0.500. The third-order valence-corrected chi connectivity index (χ3v) is 17.0. The Morgan fingerprint density at radius 3 is 2.26 bits per heavy atom. The lowest BCUT2D eigenvalue weighted by atomic mass is 9.84. The highest BCUT2D eigenvalue weighted by molar-refractivity contribution is 6.74. The Hall–Kier alpha value is -5.02. The maximum Gasteiger partial charge on any atom is 0.410 e. The van der Waals surface area contributed by atoms with Crippen molar-refractivity contribution in [3.05, 3.63) is 106 Å². The fourth-order valence-electron chi connectivity index (χ4n) is 8.04. The highest BCUT2D eigenvalue weighted by Gasteiger charge is 2.46. The van der Waals surface area contributed by atoms with E-state index < -0.39 is 37.7 Å². The molecule has 0 radical (unpaired) electrons. The molecular weight excluding hydrogens is 805 g/mol. The number of unbranched alkanes of at least 4 members (excludes halogenated alkanes) is 1. The lowest BCUT2D eigenvalue weighted by Gasteiger charge is -2.44. The number of rotatable bonds is 15. The molecule has 4 N–H and O–H groups in total. The number of aromatic nitrogens is 1. The van der Waals surface area contributed by atoms with Crippen LogP contribution in [0.1, 0.15) is 96.4 Å². The zero-order valence-corrected chi connectivity index (χ0v) is 38.5. The van der Waals surface area contributed by atoms with Crippen molar-refractivity contribution >= 4 is 42.9 Å². The summed E-state index contributed by atoms with van der Waals surface area (Å²) >= 11 is 0. The van der Waals surface area contributed by atoms with E-state index in [2.05, 4.69) is 49.1 Å². The summed E-state index contributed by atoms with van der Waals surface area (Å²) in [6.45, 7) is 19.1. The minimum atomic E-state index is -2.47. The highest BCUT2D eigenvalue weighted by atomic mass is 28.4. The van der Waals surface area contributed by atoms with Gasteiger partial charge in [-0.3, -0.25) is 14.5 Å². The molecule has 2 bridgehead atoms. The number of ether oxygens (including phenoxy) is 2. The minimum Gasteiger partial charge on any atom is -0.506 e. The molecule has 1 aromatic heterocycles. The maximum absolute atomic E-state index is 14.0. The molecule has 334 valence electrons. The van der Waals surface area contributed by atoms with Crippen LogP contribution in [0, 0.1) is 5.92 Å². The number of esters is 1. The molecule has 3 fully saturated rings. The molecule has 0 saturated carbocycles. The van der Waals surface area contributed by atoms with E-state index in [1.165, 1.54) is 12.1 Å². The van der Waals surface area contributed by atoms with E-state index in [0.29, 0.717) is 41.6 Å². The zero-order chi connectivity index (χ0) is 45.0. The number of H-pyrrole nitrogens is 1. The summed E-state index contributed by atoms with van der Waals surface area (Å²) in [5.74, 6) is -0.829. The quantitative estimate of drug-likeness (QED) is 0.0519. The standard InChI is InChI=1S/C48H64N4O9Si/c1-46(2,3)60-45(57)52(31-40(61-62(7,8)47(4,5)6)36-20-22-38(53)43-37(36)21-23-42(55)50-43)26-13-12-19-41(54)49-35-18-14-17-34(29-35)48(58,33-15-10-9-11-16-33)44(56)59-39-30-51-27-24-32(39)25-28-51/h9-11,14-18,20-23,29,32,39-40,53,58H,12-13,19,24-28,30-31H2,1-8H3,(H,49,54)(H,50,55)/t39-,40-,48?/m0/s1. The van der Waals surface area contributed by atoms with Crippen LogP contribution in [0.5, 0.6) is 5.75 Å². The molecular formula is C48H64N4O9Si. The lowest BCUT2D eigenvalue weighted by molar-refractivity contribution is -0.177.